The molecule has 94 heavy (non-hydrogen) atoms. The fourth-order valence-electron chi connectivity index (χ4n) is 13.8. The number of piperidine rings is 4. The molecular formula is C79H155N5O10. The lowest BCUT2D eigenvalue weighted by Gasteiger charge is -2.34. The molecule has 5 unspecified atom stereocenters. The maximum Gasteiger partial charge on any atom is 0.410 e. The van der Waals surface area contributed by atoms with Gasteiger partial charge in [-0.15, -0.1) is 0 Å². The quantitative estimate of drug-likeness (QED) is 0.166. The SMILES string of the molecule is CC(=O)N1CCCC(CC(C)C)C1.CC(C)CC1CCCCO1.CC(C)CC1CCCN(C(=O)OC(C)(C)C)C1.CC(C)CC1CCCNC1.CC(C)CC1CCN(C(=O)OC(C)(C)C)CC1.CC(C)CC1CCOCC1.CC(C)CC1CN(C(=O)OC(C)(C)C)CCO1. The molecule has 15 nitrogen and oxygen atoms in total. The molecule has 7 aliphatic heterocycles. The summed E-state index contributed by atoms with van der Waals surface area (Å²) in [5, 5.41) is 3.44. The molecule has 1 N–H and O–H groups in total. The van der Waals surface area contributed by atoms with Crippen molar-refractivity contribution in [2.45, 2.75) is 324 Å². The zero-order chi connectivity index (χ0) is 71.2. The smallest absolute Gasteiger partial charge is 0.410 e. The topological polar surface area (TPSA) is 149 Å². The standard InChI is InChI=1S/2C14H27NO2.C13H25NO3.C11H21NO.C9H19N.2C9H18O/c1-11(2)10-12-6-8-15(9-7-12)13(16)17-14(3,4)5;1-11(2)9-12-7-6-8-15(10-12)13(16)17-14(3,4)5;1-10(2)8-11-9-14(6-7-16-11)12(15)17-13(3,4)5;1-9(2)7-11-5-4-6-12(8-11)10(3)13;1-8(2)6-9-4-3-5-10-7-9;1-8(2)7-9-3-5-10-6-4-9;1-8(2)7-9-5-3-4-6-10-9/h2*11-12H,6-10H2,1-5H3;10-11H,6-9H2,1-5H3;9,11H,4-8H2,1-3H3;8-10H,3-7H2,1-2H3;2*8-9H,3-7H2,1-2H3. The summed E-state index contributed by atoms with van der Waals surface area (Å²) in [6.07, 6.45) is 25.4. The van der Waals surface area contributed by atoms with Crippen LogP contribution in [0.15, 0.2) is 0 Å². The summed E-state index contributed by atoms with van der Waals surface area (Å²) >= 11 is 0. The number of nitrogens with zero attached hydrogens (tertiary/aromatic N) is 4. The lowest BCUT2D eigenvalue weighted by atomic mass is 9.89. The molecule has 4 amide bonds. The second-order valence-corrected chi connectivity index (χ2v) is 34.9. The van der Waals surface area contributed by atoms with Crippen LogP contribution in [0.5, 0.6) is 0 Å². The average molecular weight is 1340 g/mol. The first-order chi connectivity index (χ1) is 43.8. The molecule has 7 saturated heterocycles. The molecule has 0 aromatic heterocycles. The molecule has 0 radical (unpaired) electrons. The fourth-order valence-corrected chi connectivity index (χ4v) is 13.8. The number of ether oxygens (including phenoxy) is 6. The minimum atomic E-state index is -0.428. The molecule has 15 heteroatoms. The van der Waals surface area contributed by atoms with Gasteiger partial charge in [-0.25, -0.2) is 14.4 Å². The summed E-state index contributed by atoms with van der Waals surface area (Å²) in [5.74, 6) is 9.69. The highest BCUT2D eigenvalue weighted by Crippen LogP contribution is 2.29. The van der Waals surface area contributed by atoms with Gasteiger partial charge in [-0.2, -0.15) is 0 Å². The Hall–Kier alpha value is -2.88. The number of hydrogen-bond acceptors (Lipinski definition) is 11. The second kappa shape index (κ2) is 48.0. The lowest BCUT2D eigenvalue weighted by Crippen LogP contribution is -2.47. The summed E-state index contributed by atoms with van der Waals surface area (Å²) in [6, 6.07) is 0. The Morgan fingerprint density at radius 2 is 0.755 bits per heavy atom. The first-order valence-electron chi connectivity index (χ1n) is 38.5. The van der Waals surface area contributed by atoms with E-state index in [0.29, 0.717) is 43.6 Å². The van der Waals surface area contributed by atoms with Crippen molar-refractivity contribution < 1.29 is 47.6 Å². The zero-order valence-electron chi connectivity index (χ0n) is 66.0. The van der Waals surface area contributed by atoms with Crippen molar-refractivity contribution in [2.24, 2.45) is 71.0 Å². The van der Waals surface area contributed by atoms with Crippen molar-refractivity contribution in [3.8, 4) is 0 Å². The number of likely N-dealkylation sites (tertiary alicyclic amines) is 3. The number of nitrogens with one attached hydrogen (secondary N) is 1. The maximum absolute atomic E-state index is 11.9. The van der Waals surface area contributed by atoms with Gasteiger partial charge in [-0.1, -0.05) is 96.9 Å². The summed E-state index contributed by atoms with van der Waals surface area (Å²) in [4.78, 5) is 54.3. The summed E-state index contributed by atoms with van der Waals surface area (Å²) in [5.41, 5.74) is -1.20. The van der Waals surface area contributed by atoms with E-state index in [1.165, 1.54) is 116 Å². The molecule has 0 bridgehead atoms. The van der Waals surface area contributed by atoms with Crippen molar-refractivity contribution in [1.29, 1.82) is 0 Å². The number of morpholine rings is 1. The van der Waals surface area contributed by atoms with Gasteiger partial charge in [-0.05, 0) is 275 Å². The number of hydrogen-bond donors (Lipinski definition) is 1. The Morgan fingerprint density at radius 3 is 1.17 bits per heavy atom. The molecule has 556 valence electrons. The third kappa shape index (κ3) is 48.0. The predicted octanol–water partition coefficient (Wildman–Crippen LogP) is 19.4. The van der Waals surface area contributed by atoms with E-state index in [0.717, 1.165) is 138 Å². The third-order valence-corrected chi connectivity index (χ3v) is 17.7. The maximum atomic E-state index is 11.9. The van der Waals surface area contributed by atoms with Crippen LogP contribution in [0.3, 0.4) is 0 Å². The zero-order valence-corrected chi connectivity index (χ0v) is 66.0. The van der Waals surface area contributed by atoms with Crippen LogP contribution in [0.1, 0.15) is 295 Å². The minimum absolute atomic E-state index is 0.147. The number of rotatable bonds is 14. The highest BCUT2D eigenvalue weighted by Gasteiger charge is 2.31. The molecule has 0 aromatic carbocycles. The Bertz CT molecular complexity index is 1820. The first-order valence-corrected chi connectivity index (χ1v) is 38.5. The number of amides is 4. The van der Waals surface area contributed by atoms with Crippen LogP contribution in [-0.2, 0) is 33.2 Å². The van der Waals surface area contributed by atoms with Gasteiger partial charge >= 0.3 is 18.3 Å². The Morgan fingerprint density at radius 1 is 0.372 bits per heavy atom. The van der Waals surface area contributed by atoms with Crippen LogP contribution in [0.2, 0.25) is 0 Å². The number of carbonyl (C=O) groups is 4. The van der Waals surface area contributed by atoms with Gasteiger partial charge in [0, 0.05) is 72.6 Å². The van der Waals surface area contributed by atoms with Crippen molar-refractivity contribution >= 4 is 24.2 Å². The van der Waals surface area contributed by atoms with Crippen molar-refractivity contribution in [3.63, 3.8) is 0 Å². The normalized spacial score (nSPS) is 22.6. The average Bonchev–Trinajstić information content (AvgIpc) is 1.19. The van der Waals surface area contributed by atoms with Crippen LogP contribution in [-0.4, -0.2) is 165 Å². The molecule has 5 atom stereocenters. The van der Waals surface area contributed by atoms with E-state index < -0.39 is 5.60 Å². The molecule has 0 spiro atoms. The molecule has 0 aliphatic carbocycles. The lowest BCUT2D eigenvalue weighted by molar-refractivity contribution is -0.130. The Kier molecular flexibility index (Phi) is 45.5. The summed E-state index contributed by atoms with van der Waals surface area (Å²) in [7, 11) is 0. The van der Waals surface area contributed by atoms with E-state index in [1.807, 2.05) is 77.0 Å². The molecule has 0 aromatic rings. The van der Waals surface area contributed by atoms with Gasteiger partial charge in [0.15, 0.2) is 0 Å². The van der Waals surface area contributed by atoms with Gasteiger partial charge in [0.2, 0.25) is 5.91 Å². The molecule has 7 fully saturated rings. The van der Waals surface area contributed by atoms with E-state index in [9.17, 15) is 19.2 Å². The van der Waals surface area contributed by atoms with Crippen LogP contribution in [0, 0.1) is 71.0 Å². The van der Waals surface area contributed by atoms with Crippen molar-refractivity contribution in [3.05, 3.63) is 0 Å². The van der Waals surface area contributed by atoms with Crippen LogP contribution in [0.4, 0.5) is 14.4 Å². The van der Waals surface area contributed by atoms with Gasteiger partial charge in [0.1, 0.15) is 16.8 Å². The van der Waals surface area contributed by atoms with Crippen LogP contribution >= 0.6 is 0 Å². The minimum Gasteiger partial charge on any atom is -0.444 e. The van der Waals surface area contributed by atoms with E-state index in [2.05, 4.69) is 102 Å². The molecular weight excluding hydrogens is 1180 g/mol. The first kappa shape index (κ1) is 89.1. The number of carbonyl (C=O) groups excluding carboxylic acids is 4. The second-order valence-electron chi connectivity index (χ2n) is 34.9. The molecule has 7 heterocycles. The van der Waals surface area contributed by atoms with E-state index in [-0.39, 0.29) is 41.5 Å². The fraction of sp³-hybridized carbons (Fsp3) is 0.949. The van der Waals surface area contributed by atoms with Gasteiger partial charge in [-0.3, -0.25) is 4.79 Å². The van der Waals surface area contributed by atoms with Crippen LogP contribution in [0.25, 0.3) is 0 Å². The van der Waals surface area contributed by atoms with E-state index >= 15 is 0 Å². The third-order valence-electron chi connectivity index (χ3n) is 17.7. The largest absolute Gasteiger partial charge is 0.444 e. The van der Waals surface area contributed by atoms with E-state index in [4.69, 9.17) is 28.4 Å². The van der Waals surface area contributed by atoms with E-state index in [1.54, 1.807) is 11.8 Å². The van der Waals surface area contributed by atoms with Gasteiger partial charge in [0.05, 0.1) is 25.4 Å². The highest BCUT2D eigenvalue weighted by molar-refractivity contribution is 5.73. The molecule has 0 saturated carbocycles. The van der Waals surface area contributed by atoms with Crippen molar-refractivity contribution in [1.82, 2.24) is 24.9 Å². The Balaban J connectivity index is 0.000000555. The highest BCUT2D eigenvalue weighted by atomic mass is 16.6. The van der Waals surface area contributed by atoms with Crippen molar-refractivity contribution in [2.75, 3.05) is 91.9 Å². The molecule has 7 aliphatic rings. The summed E-state index contributed by atoms with van der Waals surface area (Å²) < 4.78 is 32.7. The molecule has 7 rings (SSSR count). The Labute approximate surface area is 580 Å². The van der Waals surface area contributed by atoms with Crippen LogP contribution < -0.4 is 5.32 Å². The van der Waals surface area contributed by atoms with Gasteiger partial charge in [0.25, 0.3) is 0 Å². The summed E-state index contributed by atoms with van der Waals surface area (Å²) in [6.45, 7) is 63.2. The van der Waals surface area contributed by atoms with Gasteiger partial charge < -0.3 is 53.3 Å². The monoisotopic (exact) mass is 1330 g/mol. The predicted molar refractivity (Wildman–Crippen MR) is 392 cm³/mol.